The quantitative estimate of drug-likeness (QED) is 0.656. The average molecular weight is 235 g/mol. The first-order valence-corrected chi connectivity index (χ1v) is 6.05. The molecule has 0 bridgehead atoms. The predicted molar refractivity (Wildman–Crippen MR) is 63.1 cm³/mol. The van der Waals surface area contributed by atoms with Gasteiger partial charge in [-0.05, 0) is 13.8 Å². The van der Waals surface area contributed by atoms with E-state index in [1.807, 2.05) is 0 Å². The lowest BCUT2D eigenvalue weighted by atomic mass is 10.1. The van der Waals surface area contributed by atoms with Gasteiger partial charge in [0.15, 0.2) is 0 Å². The van der Waals surface area contributed by atoms with Crippen LogP contribution in [0.15, 0.2) is 0 Å². The van der Waals surface area contributed by atoms with Crippen LogP contribution in [0.2, 0.25) is 0 Å². The maximum atomic E-state index is 11.5. The Bertz CT molecular complexity index is 192. The second-order valence-corrected chi connectivity index (χ2v) is 5.21. The van der Waals surface area contributed by atoms with Crippen LogP contribution in [-0.2, 0) is 9.53 Å². The first kappa shape index (κ1) is 14.7. The van der Waals surface area contributed by atoms with E-state index in [1.54, 1.807) is 44.7 Å². The molecule has 0 aromatic carbocycles. The summed E-state index contributed by atoms with van der Waals surface area (Å²) < 4.78 is 4.88. The van der Waals surface area contributed by atoms with Crippen LogP contribution >= 0.6 is 11.8 Å². The molecule has 0 atom stereocenters. The molecule has 0 heterocycles. The first-order valence-electron chi connectivity index (χ1n) is 4.90. The molecule has 90 valence electrons. The number of carbonyl (C=O) groups excluding carboxylic acids is 1. The SMILES string of the molecule is COCCSCC(=O)N(C)CC(C)(C)O. The molecule has 0 aliphatic rings. The highest BCUT2D eigenvalue weighted by Crippen LogP contribution is 2.06. The van der Waals surface area contributed by atoms with Gasteiger partial charge in [-0.15, -0.1) is 11.8 Å². The minimum absolute atomic E-state index is 0.0400. The van der Waals surface area contributed by atoms with Gasteiger partial charge in [-0.1, -0.05) is 0 Å². The van der Waals surface area contributed by atoms with Crippen LogP contribution in [-0.4, -0.2) is 60.3 Å². The summed E-state index contributed by atoms with van der Waals surface area (Å²) in [5, 5.41) is 9.53. The van der Waals surface area contributed by atoms with E-state index in [0.29, 0.717) is 18.9 Å². The molecule has 0 rings (SSSR count). The lowest BCUT2D eigenvalue weighted by Gasteiger charge is -2.25. The van der Waals surface area contributed by atoms with Crippen molar-refractivity contribution in [3.05, 3.63) is 0 Å². The number of ether oxygens (including phenoxy) is 1. The van der Waals surface area contributed by atoms with Crippen molar-refractivity contribution >= 4 is 17.7 Å². The van der Waals surface area contributed by atoms with Crippen LogP contribution < -0.4 is 0 Å². The molecule has 5 heteroatoms. The average Bonchev–Trinajstić information content (AvgIpc) is 2.09. The van der Waals surface area contributed by atoms with Gasteiger partial charge in [0, 0.05) is 26.5 Å². The molecule has 0 aliphatic heterocycles. The van der Waals surface area contributed by atoms with E-state index in [0.717, 1.165) is 5.75 Å². The third-order valence-electron chi connectivity index (χ3n) is 1.71. The van der Waals surface area contributed by atoms with Crippen LogP contribution in [0.3, 0.4) is 0 Å². The Labute approximate surface area is 96.0 Å². The smallest absolute Gasteiger partial charge is 0.232 e. The summed E-state index contributed by atoms with van der Waals surface area (Å²) >= 11 is 1.54. The molecule has 0 saturated heterocycles. The lowest BCUT2D eigenvalue weighted by Crippen LogP contribution is -2.40. The highest BCUT2D eigenvalue weighted by atomic mass is 32.2. The Balaban J connectivity index is 3.70. The van der Waals surface area contributed by atoms with Crippen molar-refractivity contribution in [2.75, 3.05) is 38.8 Å². The van der Waals surface area contributed by atoms with Gasteiger partial charge >= 0.3 is 0 Å². The molecule has 0 radical (unpaired) electrons. The number of methoxy groups -OCH3 is 1. The van der Waals surface area contributed by atoms with Gasteiger partial charge in [0.05, 0.1) is 18.0 Å². The fourth-order valence-electron chi connectivity index (χ4n) is 1.08. The fourth-order valence-corrected chi connectivity index (χ4v) is 1.90. The number of likely N-dealkylation sites (N-methyl/N-ethyl adjacent to an activating group) is 1. The van der Waals surface area contributed by atoms with Crippen LogP contribution in [0.25, 0.3) is 0 Å². The van der Waals surface area contributed by atoms with Crippen molar-refractivity contribution in [3.63, 3.8) is 0 Å². The molecular formula is C10H21NO3S. The maximum absolute atomic E-state index is 11.5. The number of amides is 1. The lowest BCUT2D eigenvalue weighted by molar-refractivity contribution is -0.129. The second kappa shape index (κ2) is 7.09. The molecule has 1 amide bonds. The fraction of sp³-hybridized carbons (Fsp3) is 0.900. The zero-order chi connectivity index (χ0) is 11.9. The number of nitrogens with zero attached hydrogens (tertiary/aromatic N) is 1. The van der Waals surface area contributed by atoms with Crippen LogP contribution in [0.1, 0.15) is 13.8 Å². The van der Waals surface area contributed by atoms with Crippen molar-refractivity contribution in [3.8, 4) is 0 Å². The summed E-state index contributed by atoms with van der Waals surface area (Å²) in [4.78, 5) is 13.1. The van der Waals surface area contributed by atoms with Gasteiger partial charge in [0.2, 0.25) is 5.91 Å². The summed E-state index contributed by atoms with van der Waals surface area (Å²) in [6, 6.07) is 0. The van der Waals surface area contributed by atoms with E-state index < -0.39 is 5.60 Å². The topological polar surface area (TPSA) is 49.8 Å². The Morgan fingerprint density at radius 3 is 2.60 bits per heavy atom. The van der Waals surface area contributed by atoms with Gasteiger partial charge in [-0.3, -0.25) is 4.79 Å². The largest absolute Gasteiger partial charge is 0.389 e. The van der Waals surface area contributed by atoms with Crippen LogP contribution in [0, 0.1) is 0 Å². The third-order valence-corrected chi connectivity index (χ3v) is 2.61. The van der Waals surface area contributed by atoms with Crippen molar-refractivity contribution in [2.45, 2.75) is 19.4 Å². The summed E-state index contributed by atoms with van der Waals surface area (Å²) in [5.41, 5.74) is -0.832. The standard InChI is InChI=1S/C10H21NO3S/c1-10(2,13)8-11(3)9(12)7-15-6-5-14-4/h13H,5-8H2,1-4H3. The number of hydrogen-bond donors (Lipinski definition) is 1. The molecule has 0 aliphatic carbocycles. The summed E-state index contributed by atoms with van der Waals surface area (Å²) in [5.74, 6) is 1.30. The molecule has 1 N–H and O–H groups in total. The Morgan fingerprint density at radius 1 is 1.53 bits per heavy atom. The molecule has 15 heavy (non-hydrogen) atoms. The number of carbonyl (C=O) groups is 1. The van der Waals surface area contributed by atoms with Crippen molar-refractivity contribution < 1.29 is 14.6 Å². The van der Waals surface area contributed by atoms with E-state index in [4.69, 9.17) is 4.74 Å². The molecule has 0 aromatic rings. The number of aliphatic hydroxyl groups is 1. The molecule has 0 spiro atoms. The Morgan fingerprint density at radius 2 is 2.13 bits per heavy atom. The summed E-state index contributed by atoms with van der Waals surface area (Å²) in [6.45, 7) is 4.40. The van der Waals surface area contributed by atoms with Gasteiger partial charge in [0.1, 0.15) is 0 Å². The van der Waals surface area contributed by atoms with E-state index >= 15 is 0 Å². The predicted octanol–water partition coefficient (Wildman–Crippen LogP) is 0.595. The molecule has 0 unspecified atom stereocenters. The van der Waals surface area contributed by atoms with Crippen molar-refractivity contribution in [1.29, 1.82) is 0 Å². The molecule has 0 fully saturated rings. The number of hydrogen-bond acceptors (Lipinski definition) is 4. The summed E-state index contributed by atoms with van der Waals surface area (Å²) in [7, 11) is 3.35. The van der Waals surface area contributed by atoms with Crippen molar-refractivity contribution in [2.24, 2.45) is 0 Å². The zero-order valence-electron chi connectivity index (χ0n) is 9.95. The van der Waals surface area contributed by atoms with Crippen LogP contribution in [0.4, 0.5) is 0 Å². The Hall–Kier alpha value is -0.260. The highest BCUT2D eigenvalue weighted by molar-refractivity contribution is 7.99. The van der Waals surface area contributed by atoms with E-state index in [9.17, 15) is 9.90 Å². The first-order chi connectivity index (χ1) is 6.87. The highest BCUT2D eigenvalue weighted by Gasteiger charge is 2.18. The van der Waals surface area contributed by atoms with E-state index in [-0.39, 0.29) is 5.91 Å². The second-order valence-electron chi connectivity index (χ2n) is 4.11. The van der Waals surface area contributed by atoms with Gasteiger partial charge in [-0.2, -0.15) is 0 Å². The van der Waals surface area contributed by atoms with Gasteiger partial charge < -0.3 is 14.7 Å². The molecule has 4 nitrogen and oxygen atoms in total. The van der Waals surface area contributed by atoms with Gasteiger partial charge in [0.25, 0.3) is 0 Å². The monoisotopic (exact) mass is 235 g/mol. The Kier molecular flexibility index (Phi) is 6.96. The minimum atomic E-state index is -0.832. The normalized spacial score (nSPS) is 11.5. The minimum Gasteiger partial charge on any atom is -0.389 e. The van der Waals surface area contributed by atoms with E-state index in [2.05, 4.69) is 0 Å². The zero-order valence-corrected chi connectivity index (χ0v) is 10.8. The number of rotatable bonds is 7. The molecule has 0 aromatic heterocycles. The molecule has 0 saturated carbocycles. The maximum Gasteiger partial charge on any atom is 0.232 e. The third kappa shape index (κ3) is 8.72. The molecular weight excluding hydrogens is 214 g/mol. The van der Waals surface area contributed by atoms with E-state index in [1.165, 1.54) is 0 Å². The summed E-state index contributed by atoms with van der Waals surface area (Å²) in [6.07, 6.45) is 0. The van der Waals surface area contributed by atoms with Crippen molar-refractivity contribution in [1.82, 2.24) is 4.90 Å². The van der Waals surface area contributed by atoms with Crippen LogP contribution in [0.5, 0.6) is 0 Å². The number of thioether (sulfide) groups is 1. The van der Waals surface area contributed by atoms with Gasteiger partial charge in [-0.25, -0.2) is 0 Å².